The smallest absolute Gasteiger partial charge is 0.269 e. The molecule has 0 bridgehead atoms. The molecule has 2 rings (SSSR count). The van der Waals surface area contributed by atoms with E-state index < -0.39 is 0 Å². The fourth-order valence-electron chi connectivity index (χ4n) is 2.47. The predicted octanol–water partition coefficient (Wildman–Crippen LogP) is 1.34. The summed E-state index contributed by atoms with van der Waals surface area (Å²) in [5, 5.41) is 10.9. The van der Waals surface area contributed by atoms with Gasteiger partial charge >= 0.3 is 0 Å². The number of hydrogen-bond donors (Lipinski definition) is 2. The predicted molar refractivity (Wildman–Crippen MR) is 75.3 cm³/mol. The summed E-state index contributed by atoms with van der Waals surface area (Å²) >= 11 is 0. The molecule has 1 unspecified atom stereocenters. The van der Waals surface area contributed by atoms with Crippen molar-refractivity contribution in [3.05, 3.63) is 17.5 Å². The summed E-state index contributed by atoms with van der Waals surface area (Å²) in [7, 11) is 0. The van der Waals surface area contributed by atoms with E-state index in [2.05, 4.69) is 22.7 Å². The highest BCUT2D eigenvalue weighted by atomic mass is 16.2. The monoisotopic (exact) mass is 264 g/mol. The van der Waals surface area contributed by atoms with E-state index in [4.69, 9.17) is 0 Å². The van der Waals surface area contributed by atoms with Crippen molar-refractivity contribution < 1.29 is 4.79 Å². The Hall–Kier alpha value is -1.36. The van der Waals surface area contributed by atoms with E-state index in [0.717, 1.165) is 38.2 Å². The highest BCUT2D eigenvalue weighted by Gasteiger charge is 2.18. The van der Waals surface area contributed by atoms with Crippen LogP contribution >= 0.6 is 0 Å². The Labute approximate surface area is 114 Å². The third-order valence-electron chi connectivity index (χ3n) is 3.61. The van der Waals surface area contributed by atoms with Gasteiger partial charge < -0.3 is 10.6 Å². The molecule has 0 saturated carbocycles. The number of hydrogen-bond acceptors (Lipinski definition) is 3. The van der Waals surface area contributed by atoms with E-state index in [1.165, 1.54) is 12.8 Å². The lowest BCUT2D eigenvalue weighted by molar-refractivity contribution is 0.0924. The number of nitrogens with zero attached hydrogens (tertiary/aromatic N) is 2. The molecular weight excluding hydrogens is 240 g/mol. The molecule has 1 atom stereocenters. The van der Waals surface area contributed by atoms with Gasteiger partial charge in [-0.3, -0.25) is 9.48 Å². The lowest BCUT2D eigenvalue weighted by Gasteiger charge is -2.16. The molecule has 1 aliphatic rings. The zero-order valence-electron chi connectivity index (χ0n) is 11.9. The number of carbonyl (C=O) groups is 1. The second-order valence-corrected chi connectivity index (χ2v) is 5.06. The number of carbonyl (C=O) groups excluding carboxylic acids is 1. The van der Waals surface area contributed by atoms with E-state index >= 15 is 0 Å². The van der Waals surface area contributed by atoms with E-state index in [1.54, 1.807) is 4.68 Å². The number of amides is 1. The Bertz CT molecular complexity index is 419. The average molecular weight is 264 g/mol. The first kappa shape index (κ1) is 14.1. The van der Waals surface area contributed by atoms with Crippen molar-refractivity contribution in [2.24, 2.45) is 0 Å². The standard InChI is InChI=1S/C14H24N4O/c1-3-11-9-13(18(4-2)17-11)14(19)16-12-7-5-6-8-15-10-12/h9,12,15H,3-8,10H2,1-2H3,(H,16,19). The topological polar surface area (TPSA) is 59.0 Å². The molecule has 2 heterocycles. The quantitative estimate of drug-likeness (QED) is 0.862. The van der Waals surface area contributed by atoms with Gasteiger partial charge in [0.25, 0.3) is 5.91 Å². The fraction of sp³-hybridized carbons (Fsp3) is 0.714. The Morgan fingerprint density at radius 3 is 3.11 bits per heavy atom. The molecule has 5 nitrogen and oxygen atoms in total. The first-order valence-electron chi connectivity index (χ1n) is 7.32. The molecule has 106 valence electrons. The molecule has 1 aromatic rings. The van der Waals surface area contributed by atoms with Gasteiger partial charge in [-0.15, -0.1) is 0 Å². The van der Waals surface area contributed by atoms with Crippen LogP contribution in [0.5, 0.6) is 0 Å². The maximum atomic E-state index is 12.3. The molecule has 1 saturated heterocycles. The second kappa shape index (κ2) is 6.70. The van der Waals surface area contributed by atoms with Gasteiger partial charge in [-0.05, 0) is 38.8 Å². The van der Waals surface area contributed by atoms with Crippen LogP contribution in [-0.2, 0) is 13.0 Å². The molecular formula is C14H24N4O. The first-order chi connectivity index (χ1) is 9.24. The number of rotatable bonds is 4. The fourth-order valence-corrected chi connectivity index (χ4v) is 2.47. The van der Waals surface area contributed by atoms with Crippen LogP contribution < -0.4 is 10.6 Å². The molecule has 1 amide bonds. The Morgan fingerprint density at radius 1 is 1.53 bits per heavy atom. The minimum absolute atomic E-state index is 0.00255. The lowest BCUT2D eigenvalue weighted by atomic mass is 10.1. The largest absolute Gasteiger partial charge is 0.347 e. The van der Waals surface area contributed by atoms with Gasteiger partial charge in [0.2, 0.25) is 0 Å². The van der Waals surface area contributed by atoms with Crippen molar-refractivity contribution in [1.82, 2.24) is 20.4 Å². The minimum atomic E-state index is 0.00255. The molecule has 1 fully saturated rings. The highest BCUT2D eigenvalue weighted by Crippen LogP contribution is 2.08. The van der Waals surface area contributed by atoms with Crippen LogP contribution in [0.15, 0.2) is 6.07 Å². The van der Waals surface area contributed by atoms with Gasteiger partial charge in [-0.25, -0.2) is 0 Å². The molecule has 0 aromatic carbocycles. The van der Waals surface area contributed by atoms with Gasteiger partial charge in [0.15, 0.2) is 0 Å². The summed E-state index contributed by atoms with van der Waals surface area (Å²) < 4.78 is 1.79. The Morgan fingerprint density at radius 2 is 2.37 bits per heavy atom. The van der Waals surface area contributed by atoms with Crippen LogP contribution in [0, 0.1) is 0 Å². The third kappa shape index (κ3) is 3.56. The van der Waals surface area contributed by atoms with Crippen LogP contribution in [0.1, 0.15) is 49.3 Å². The highest BCUT2D eigenvalue weighted by molar-refractivity contribution is 5.92. The SMILES string of the molecule is CCc1cc(C(=O)NC2CCCCNC2)n(CC)n1. The molecule has 0 radical (unpaired) electrons. The average Bonchev–Trinajstić information content (AvgIpc) is 2.69. The van der Waals surface area contributed by atoms with Crippen molar-refractivity contribution in [2.75, 3.05) is 13.1 Å². The van der Waals surface area contributed by atoms with E-state index in [9.17, 15) is 4.79 Å². The van der Waals surface area contributed by atoms with Gasteiger partial charge in [-0.2, -0.15) is 5.10 Å². The summed E-state index contributed by atoms with van der Waals surface area (Å²) in [6.45, 7) is 6.72. The number of nitrogens with one attached hydrogen (secondary N) is 2. The maximum absolute atomic E-state index is 12.3. The summed E-state index contributed by atoms with van der Waals surface area (Å²) in [5.74, 6) is 0.00255. The van der Waals surface area contributed by atoms with Crippen LogP contribution in [0.4, 0.5) is 0 Å². The third-order valence-corrected chi connectivity index (χ3v) is 3.61. The Kier molecular flexibility index (Phi) is 4.96. The van der Waals surface area contributed by atoms with Gasteiger partial charge in [-0.1, -0.05) is 13.3 Å². The molecule has 19 heavy (non-hydrogen) atoms. The van der Waals surface area contributed by atoms with E-state index in [1.807, 2.05) is 13.0 Å². The molecule has 0 spiro atoms. The van der Waals surface area contributed by atoms with Crippen LogP contribution in [-0.4, -0.2) is 34.8 Å². The van der Waals surface area contributed by atoms with Crippen molar-refractivity contribution in [1.29, 1.82) is 0 Å². The molecule has 0 aliphatic carbocycles. The molecule has 1 aromatic heterocycles. The summed E-state index contributed by atoms with van der Waals surface area (Å²) in [5.41, 5.74) is 1.66. The van der Waals surface area contributed by atoms with Crippen molar-refractivity contribution in [2.45, 2.75) is 52.1 Å². The van der Waals surface area contributed by atoms with Gasteiger partial charge in [0, 0.05) is 19.1 Å². The zero-order chi connectivity index (χ0) is 13.7. The number of aromatic nitrogens is 2. The van der Waals surface area contributed by atoms with Crippen molar-refractivity contribution in [3.63, 3.8) is 0 Å². The van der Waals surface area contributed by atoms with Gasteiger partial charge in [0.1, 0.15) is 5.69 Å². The molecule has 2 N–H and O–H groups in total. The summed E-state index contributed by atoms with van der Waals surface area (Å²) in [6, 6.07) is 2.14. The first-order valence-corrected chi connectivity index (χ1v) is 7.32. The summed E-state index contributed by atoms with van der Waals surface area (Å²) in [4.78, 5) is 12.3. The van der Waals surface area contributed by atoms with Crippen LogP contribution in [0.2, 0.25) is 0 Å². The number of aryl methyl sites for hydroxylation is 2. The van der Waals surface area contributed by atoms with E-state index in [-0.39, 0.29) is 11.9 Å². The zero-order valence-corrected chi connectivity index (χ0v) is 11.9. The van der Waals surface area contributed by atoms with Crippen LogP contribution in [0.3, 0.4) is 0 Å². The normalized spacial score (nSPS) is 20.0. The van der Waals surface area contributed by atoms with Crippen molar-refractivity contribution in [3.8, 4) is 0 Å². The molecule has 5 heteroatoms. The van der Waals surface area contributed by atoms with Crippen LogP contribution in [0.25, 0.3) is 0 Å². The lowest BCUT2D eigenvalue weighted by Crippen LogP contribution is -2.41. The Balaban J connectivity index is 2.03. The molecule has 1 aliphatic heterocycles. The van der Waals surface area contributed by atoms with E-state index in [0.29, 0.717) is 5.69 Å². The second-order valence-electron chi connectivity index (χ2n) is 5.06. The summed E-state index contributed by atoms with van der Waals surface area (Å²) in [6.07, 6.45) is 4.28. The van der Waals surface area contributed by atoms with Gasteiger partial charge in [0.05, 0.1) is 5.69 Å². The maximum Gasteiger partial charge on any atom is 0.269 e. The van der Waals surface area contributed by atoms with Crippen molar-refractivity contribution >= 4 is 5.91 Å². The minimum Gasteiger partial charge on any atom is -0.347 e.